The second-order valence-electron chi connectivity index (χ2n) is 17.6. The summed E-state index contributed by atoms with van der Waals surface area (Å²) in [4.78, 5) is 109. The summed E-state index contributed by atoms with van der Waals surface area (Å²) in [5.41, 5.74) is 1.54. The Morgan fingerprint density at radius 3 is 1.94 bits per heavy atom. The van der Waals surface area contributed by atoms with Crippen molar-refractivity contribution in [2.24, 2.45) is 17.8 Å². The van der Waals surface area contributed by atoms with E-state index >= 15 is 0 Å². The van der Waals surface area contributed by atoms with Crippen LogP contribution in [0.15, 0.2) is 54.1 Å². The van der Waals surface area contributed by atoms with Gasteiger partial charge in [-0.15, -0.1) is 0 Å². The minimum absolute atomic E-state index is 0.0279. The minimum atomic E-state index is -1.18. The number of rotatable bonds is 28. The zero-order chi connectivity index (χ0) is 50.4. The molecule has 0 fully saturated rings. The Labute approximate surface area is 391 Å². The average Bonchev–Trinajstić information content (AvgIpc) is 3.28. The van der Waals surface area contributed by atoms with Crippen molar-refractivity contribution in [1.82, 2.24) is 25.8 Å². The lowest BCUT2D eigenvalue weighted by Gasteiger charge is -2.33. The van der Waals surface area contributed by atoms with Crippen LogP contribution in [0.5, 0.6) is 0 Å². The van der Waals surface area contributed by atoms with Gasteiger partial charge in [0.05, 0.1) is 6.54 Å². The first kappa shape index (κ1) is 58.4. The molecule has 0 saturated carbocycles. The van der Waals surface area contributed by atoms with Crippen molar-refractivity contribution < 1.29 is 57.7 Å². The quantitative estimate of drug-likeness (QED) is 0.0402. The maximum absolute atomic E-state index is 14.2. The van der Waals surface area contributed by atoms with Crippen LogP contribution in [-0.2, 0) is 59.0 Å². The van der Waals surface area contributed by atoms with Crippen molar-refractivity contribution in [2.45, 2.75) is 157 Å². The predicted molar refractivity (Wildman–Crippen MR) is 250 cm³/mol. The molecule has 4 N–H and O–H groups in total. The summed E-state index contributed by atoms with van der Waals surface area (Å²) >= 11 is 0. The standard InChI is InChI=1S/C49H77N5O12/c1-15-31(8)42(45(59)51-35(12)49(63)66-43(32(9)16-2)33(10)38(17-3)64-41(57)24-21-25-55)52-40(56)28-53(13)47(61)37(27-36-22-19-18-20-23-36)54(14)46(60)34(11)50-44(58)39(26-29(4)5)65-48(62)30(6)7/h16,18-20,22-23,29,31,33-35,37-39,42-43,55H,6,15,17,21,24-28H2,1-5,7-14H3,(H,50,58)(H,51,59)(H,52,56)/b32-16+/t31?,33-,34-,35+,37+,38-,39+,42?,43+/m0/s1. The van der Waals surface area contributed by atoms with Gasteiger partial charge in [0, 0.05) is 45.0 Å². The summed E-state index contributed by atoms with van der Waals surface area (Å²) in [5.74, 6) is -6.07. The first-order chi connectivity index (χ1) is 30.9. The van der Waals surface area contributed by atoms with Gasteiger partial charge in [-0.05, 0) is 76.9 Å². The summed E-state index contributed by atoms with van der Waals surface area (Å²) in [5, 5.41) is 17.1. The van der Waals surface area contributed by atoms with Crippen molar-refractivity contribution in [3.8, 4) is 0 Å². The van der Waals surface area contributed by atoms with Gasteiger partial charge in [0.25, 0.3) is 5.91 Å². The van der Waals surface area contributed by atoms with Crippen LogP contribution in [0.25, 0.3) is 0 Å². The molecule has 0 saturated heterocycles. The van der Waals surface area contributed by atoms with E-state index in [9.17, 15) is 38.4 Å². The monoisotopic (exact) mass is 928 g/mol. The molecule has 2 unspecified atom stereocenters. The van der Waals surface area contributed by atoms with Crippen LogP contribution in [-0.4, -0.2) is 132 Å². The number of nitrogens with zero attached hydrogens (tertiary/aromatic N) is 2. The highest BCUT2D eigenvalue weighted by atomic mass is 16.6. The summed E-state index contributed by atoms with van der Waals surface area (Å²) < 4.78 is 17.0. The Kier molecular flexibility index (Phi) is 25.8. The number of likely N-dealkylation sites (N-methyl/N-ethyl adjacent to an activating group) is 2. The van der Waals surface area contributed by atoms with E-state index in [4.69, 9.17) is 19.3 Å². The zero-order valence-electron chi connectivity index (χ0n) is 41.4. The first-order valence-electron chi connectivity index (χ1n) is 22.9. The molecule has 1 rings (SSSR count). The van der Waals surface area contributed by atoms with Gasteiger partial charge >= 0.3 is 17.9 Å². The van der Waals surface area contributed by atoms with Gasteiger partial charge in [-0.2, -0.15) is 0 Å². The fourth-order valence-corrected chi connectivity index (χ4v) is 6.97. The van der Waals surface area contributed by atoms with Crippen molar-refractivity contribution in [2.75, 3.05) is 27.2 Å². The number of amides is 5. The molecular weight excluding hydrogens is 851 g/mol. The Morgan fingerprint density at radius 1 is 0.803 bits per heavy atom. The van der Waals surface area contributed by atoms with Crippen LogP contribution >= 0.6 is 0 Å². The lowest BCUT2D eigenvalue weighted by atomic mass is 9.91. The van der Waals surface area contributed by atoms with Crippen LogP contribution in [0, 0.1) is 17.8 Å². The molecule has 0 bridgehead atoms. The number of benzene rings is 1. The molecule has 5 amide bonds. The summed E-state index contributed by atoms with van der Waals surface area (Å²) in [6.07, 6.45) is 0.689. The van der Waals surface area contributed by atoms with Gasteiger partial charge in [0.15, 0.2) is 6.10 Å². The van der Waals surface area contributed by atoms with Gasteiger partial charge in [-0.25, -0.2) is 9.59 Å². The van der Waals surface area contributed by atoms with Gasteiger partial charge in [0.2, 0.25) is 23.6 Å². The molecule has 1 aromatic carbocycles. The highest BCUT2D eigenvalue weighted by Gasteiger charge is 2.37. The Morgan fingerprint density at radius 2 is 1.41 bits per heavy atom. The van der Waals surface area contributed by atoms with Crippen molar-refractivity contribution >= 4 is 47.4 Å². The van der Waals surface area contributed by atoms with Gasteiger partial charge < -0.3 is 45.1 Å². The van der Waals surface area contributed by atoms with E-state index in [0.29, 0.717) is 18.4 Å². The van der Waals surface area contributed by atoms with Crippen LogP contribution in [0.1, 0.15) is 114 Å². The van der Waals surface area contributed by atoms with E-state index in [1.54, 1.807) is 64.1 Å². The third-order valence-electron chi connectivity index (χ3n) is 11.4. The maximum Gasteiger partial charge on any atom is 0.333 e. The number of carbonyl (C=O) groups is 8. The third kappa shape index (κ3) is 19.1. The number of allylic oxidation sites excluding steroid dienone is 1. The van der Waals surface area contributed by atoms with E-state index in [1.165, 1.54) is 39.8 Å². The number of carbonyl (C=O) groups excluding carboxylic acids is 8. The SMILES string of the molecule is C=C(C)C(=O)O[C@H](CC(C)C)C(=O)N[C@@H](C)C(=O)N(C)[C@H](Cc1ccccc1)C(=O)N(C)CC(=O)NC(C(=O)N[C@H](C)C(=O)O[C@H](/C(C)=C/C)[C@@H](C)[C@H](CC)OC(=O)CCCO)C(C)CC. The Balaban J connectivity index is 3.23. The molecule has 17 heteroatoms. The van der Waals surface area contributed by atoms with Gasteiger partial charge in [-0.1, -0.05) is 91.0 Å². The Hall–Kier alpha value is -5.58. The topological polar surface area (TPSA) is 227 Å². The lowest BCUT2D eigenvalue weighted by molar-refractivity contribution is -0.161. The molecule has 17 nitrogen and oxygen atoms in total. The van der Waals surface area contributed by atoms with Gasteiger partial charge in [-0.3, -0.25) is 28.8 Å². The van der Waals surface area contributed by atoms with Crippen LogP contribution in [0.3, 0.4) is 0 Å². The second-order valence-corrected chi connectivity index (χ2v) is 17.6. The fraction of sp³-hybridized carbons (Fsp3) is 0.633. The highest BCUT2D eigenvalue weighted by molar-refractivity contribution is 5.96. The number of ether oxygens (including phenoxy) is 3. The molecular formula is C49H77N5O12. The normalized spacial score (nSPS) is 15.5. The van der Waals surface area contributed by atoms with E-state index < -0.39 is 108 Å². The van der Waals surface area contributed by atoms with E-state index in [1.807, 2.05) is 27.7 Å². The molecule has 1 aromatic rings. The predicted octanol–water partition coefficient (Wildman–Crippen LogP) is 4.20. The van der Waals surface area contributed by atoms with Crippen molar-refractivity contribution in [3.05, 3.63) is 59.7 Å². The molecule has 0 spiro atoms. The van der Waals surface area contributed by atoms with Crippen LogP contribution < -0.4 is 16.0 Å². The van der Waals surface area contributed by atoms with E-state index in [-0.39, 0.29) is 43.8 Å². The molecule has 0 aromatic heterocycles. The zero-order valence-corrected chi connectivity index (χ0v) is 41.4. The van der Waals surface area contributed by atoms with Crippen LogP contribution in [0.4, 0.5) is 0 Å². The third-order valence-corrected chi connectivity index (χ3v) is 11.4. The molecule has 0 heterocycles. The number of nitrogens with one attached hydrogen (secondary N) is 3. The number of aliphatic hydroxyl groups excluding tert-OH is 1. The Bertz CT molecular complexity index is 1840. The number of aliphatic hydroxyl groups is 1. The van der Waals surface area contributed by atoms with E-state index in [0.717, 1.165) is 10.5 Å². The smallest absolute Gasteiger partial charge is 0.333 e. The van der Waals surface area contributed by atoms with Crippen LogP contribution in [0.2, 0.25) is 0 Å². The summed E-state index contributed by atoms with van der Waals surface area (Å²) in [7, 11) is 2.82. The highest BCUT2D eigenvalue weighted by Crippen LogP contribution is 2.25. The molecule has 9 atom stereocenters. The largest absolute Gasteiger partial charge is 0.462 e. The second kappa shape index (κ2) is 29.1. The maximum atomic E-state index is 14.2. The molecule has 0 radical (unpaired) electrons. The lowest BCUT2D eigenvalue weighted by Crippen LogP contribution is -2.57. The molecule has 370 valence electrons. The number of hydrogen-bond donors (Lipinski definition) is 4. The number of esters is 3. The van der Waals surface area contributed by atoms with E-state index in [2.05, 4.69) is 22.5 Å². The minimum Gasteiger partial charge on any atom is -0.462 e. The fourth-order valence-electron chi connectivity index (χ4n) is 6.97. The number of hydrogen-bond acceptors (Lipinski definition) is 12. The van der Waals surface area contributed by atoms with Crippen molar-refractivity contribution in [3.63, 3.8) is 0 Å². The average molecular weight is 928 g/mol. The first-order valence-corrected chi connectivity index (χ1v) is 22.9. The summed E-state index contributed by atoms with van der Waals surface area (Å²) in [6, 6.07) is 4.42. The van der Waals surface area contributed by atoms with Gasteiger partial charge in [0.1, 0.15) is 36.4 Å². The molecule has 66 heavy (non-hydrogen) atoms. The molecule has 0 aliphatic rings. The molecule has 0 aliphatic heterocycles. The van der Waals surface area contributed by atoms with Crippen molar-refractivity contribution in [1.29, 1.82) is 0 Å². The summed E-state index contributed by atoms with van der Waals surface area (Å²) in [6.45, 7) is 21.8. The molecule has 0 aliphatic carbocycles.